The van der Waals surface area contributed by atoms with Gasteiger partial charge in [-0.1, -0.05) is 18.2 Å². The molecule has 4 rings (SSSR count). The maximum Gasteiger partial charge on any atom is 0.272 e. The van der Waals surface area contributed by atoms with Crippen molar-refractivity contribution in [1.82, 2.24) is 14.8 Å². The van der Waals surface area contributed by atoms with Crippen LogP contribution >= 0.6 is 0 Å². The van der Waals surface area contributed by atoms with E-state index in [0.29, 0.717) is 11.6 Å². The molecule has 0 spiro atoms. The van der Waals surface area contributed by atoms with Crippen LogP contribution in [0.3, 0.4) is 0 Å². The Morgan fingerprint density at radius 2 is 2.04 bits per heavy atom. The van der Waals surface area contributed by atoms with Crippen molar-refractivity contribution in [3.05, 3.63) is 36.0 Å². The minimum Gasteiger partial charge on any atom is -0.481 e. The summed E-state index contributed by atoms with van der Waals surface area (Å²) in [6.07, 6.45) is 3.27. The first kappa shape index (κ1) is 18.2. The Morgan fingerprint density at radius 1 is 1.22 bits per heavy atom. The van der Waals surface area contributed by atoms with Crippen molar-refractivity contribution < 1.29 is 14.3 Å². The van der Waals surface area contributed by atoms with Crippen molar-refractivity contribution in [3.8, 4) is 5.88 Å². The molecular weight excluding hydrogens is 342 g/mol. The molecule has 0 aliphatic carbocycles. The summed E-state index contributed by atoms with van der Waals surface area (Å²) in [5.74, 6) is 0.523. The summed E-state index contributed by atoms with van der Waals surface area (Å²) < 4.78 is 10.9. The molecule has 1 atom stereocenters. The second kappa shape index (κ2) is 8.23. The average Bonchev–Trinajstić information content (AvgIpc) is 2.73. The summed E-state index contributed by atoms with van der Waals surface area (Å²) in [6, 6.07) is 10.0. The van der Waals surface area contributed by atoms with Crippen molar-refractivity contribution in [2.45, 2.75) is 25.3 Å². The number of pyridine rings is 1. The van der Waals surface area contributed by atoms with E-state index in [1.807, 2.05) is 35.2 Å². The van der Waals surface area contributed by atoms with Gasteiger partial charge < -0.3 is 14.4 Å². The number of ether oxygens (including phenoxy) is 2. The molecule has 0 radical (unpaired) electrons. The number of fused-ring (bicyclic) bond motifs is 1. The number of carbonyl (C=O) groups is 1. The minimum absolute atomic E-state index is 0.0111. The van der Waals surface area contributed by atoms with E-state index in [4.69, 9.17) is 9.47 Å². The predicted molar refractivity (Wildman–Crippen MR) is 104 cm³/mol. The van der Waals surface area contributed by atoms with Crippen LogP contribution < -0.4 is 4.74 Å². The number of benzene rings is 1. The maximum atomic E-state index is 13.3. The molecule has 0 N–H and O–H groups in total. The Kier molecular flexibility index (Phi) is 5.55. The van der Waals surface area contributed by atoms with E-state index in [-0.39, 0.29) is 11.9 Å². The SMILES string of the molecule is COc1nc(C(=O)N2CCCCC2CN2CCOCC2)cc2ccccc12. The van der Waals surface area contributed by atoms with E-state index >= 15 is 0 Å². The van der Waals surface area contributed by atoms with E-state index in [0.717, 1.165) is 63.0 Å². The molecule has 1 aromatic heterocycles. The van der Waals surface area contributed by atoms with Gasteiger partial charge >= 0.3 is 0 Å². The number of carbonyl (C=O) groups excluding carboxylic acids is 1. The van der Waals surface area contributed by atoms with Gasteiger partial charge in [0.15, 0.2) is 0 Å². The van der Waals surface area contributed by atoms with Crippen molar-refractivity contribution in [2.24, 2.45) is 0 Å². The average molecular weight is 369 g/mol. The zero-order chi connectivity index (χ0) is 18.6. The molecule has 27 heavy (non-hydrogen) atoms. The Morgan fingerprint density at radius 3 is 2.85 bits per heavy atom. The van der Waals surface area contributed by atoms with Gasteiger partial charge in [-0.25, -0.2) is 4.98 Å². The summed E-state index contributed by atoms with van der Waals surface area (Å²) in [7, 11) is 1.60. The Balaban J connectivity index is 1.58. The van der Waals surface area contributed by atoms with Crippen LogP contribution in [0.2, 0.25) is 0 Å². The molecule has 2 aromatic rings. The highest BCUT2D eigenvalue weighted by Gasteiger charge is 2.30. The van der Waals surface area contributed by atoms with E-state index in [2.05, 4.69) is 9.88 Å². The van der Waals surface area contributed by atoms with Crippen LogP contribution in [0.25, 0.3) is 10.8 Å². The predicted octanol–water partition coefficient (Wildman–Crippen LogP) is 2.57. The molecule has 3 heterocycles. The molecule has 2 aliphatic heterocycles. The first-order chi connectivity index (χ1) is 13.3. The lowest BCUT2D eigenvalue weighted by Crippen LogP contribution is -2.51. The van der Waals surface area contributed by atoms with Gasteiger partial charge in [0.1, 0.15) is 5.69 Å². The molecule has 2 saturated heterocycles. The zero-order valence-corrected chi connectivity index (χ0v) is 15.9. The topological polar surface area (TPSA) is 54.9 Å². The minimum atomic E-state index is 0.0111. The van der Waals surface area contributed by atoms with Gasteiger partial charge in [0.25, 0.3) is 5.91 Å². The third-order valence-corrected chi connectivity index (χ3v) is 5.58. The number of amides is 1. The normalized spacial score (nSPS) is 21.4. The number of hydrogen-bond acceptors (Lipinski definition) is 5. The second-order valence-electron chi connectivity index (χ2n) is 7.30. The van der Waals surface area contributed by atoms with Gasteiger partial charge in [-0.3, -0.25) is 9.69 Å². The summed E-state index contributed by atoms with van der Waals surface area (Å²) in [6.45, 7) is 5.17. The highest BCUT2D eigenvalue weighted by molar-refractivity contribution is 5.98. The molecule has 2 fully saturated rings. The molecule has 6 heteroatoms. The number of piperidine rings is 1. The van der Waals surface area contributed by atoms with Crippen molar-refractivity contribution in [2.75, 3.05) is 46.5 Å². The number of rotatable bonds is 4. The smallest absolute Gasteiger partial charge is 0.272 e. The summed E-state index contributed by atoms with van der Waals surface area (Å²) in [5, 5.41) is 1.91. The number of likely N-dealkylation sites (tertiary alicyclic amines) is 1. The number of hydrogen-bond donors (Lipinski definition) is 0. The molecule has 1 unspecified atom stereocenters. The second-order valence-corrected chi connectivity index (χ2v) is 7.30. The van der Waals surface area contributed by atoms with Gasteiger partial charge in [0.2, 0.25) is 5.88 Å². The molecule has 6 nitrogen and oxygen atoms in total. The van der Waals surface area contributed by atoms with Crippen LogP contribution in [0.4, 0.5) is 0 Å². The van der Waals surface area contributed by atoms with E-state index in [1.54, 1.807) is 7.11 Å². The highest BCUT2D eigenvalue weighted by Crippen LogP contribution is 2.26. The van der Waals surface area contributed by atoms with Crippen LogP contribution in [0, 0.1) is 0 Å². The number of morpholine rings is 1. The first-order valence-corrected chi connectivity index (χ1v) is 9.81. The Hall–Kier alpha value is -2.18. The third kappa shape index (κ3) is 3.92. The van der Waals surface area contributed by atoms with Crippen LogP contribution in [0.5, 0.6) is 5.88 Å². The maximum absolute atomic E-state index is 13.3. The molecular formula is C21H27N3O3. The quantitative estimate of drug-likeness (QED) is 0.829. The van der Waals surface area contributed by atoms with Crippen molar-refractivity contribution in [3.63, 3.8) is 0 Å². The Bertz CT molecular complexity index is 804. The lowest BCUT2D eigenvalue weighted by Gasteiger charge is -2.39. The van der Waals surface area contributed by atoms with Crippen molar-refractivity contribution >= 4 is 16.7 Å². The van der Waals surface area contributed by atoms with Gasteiger partial charge in [0.05, 0.1) is 20.3 Å². The van der Waals surface area contributed by atoms with Crippen molar-refractivity contribution in [1.29, 1.82) is 0 Å². The third-order valence-electron chi connectivity index (χ3n) is 5.58. The summed E-state index contributed by atoms with van der Waals surface area (Å²) in [4.78, 5) is 22.3. The number of aromatic nitrogens is 1. The first-order valence-electron chi connectivity index (χ1n) is 9.81. The highest BCUT2D eigenvalue weighted by atomic mass is 16.5. The zero-order valence-electron chi connectivity index (χ0n) is 15.9. The van der Waals surface area contributed by atoms with Gasteiger partial charge in [-0.05, 0) is 36.8 Å². The summed E-state index contributed by atoms with van der Waals surface area (Å²) in [5.41, 5.74) is 0.472. The fourth-order valence-electron chi connectivity index (χ4n) is 4.12. The lowest BCUT2D eigenvalue weighted by atomic mass is 10.0. The molecule has 144 valence electrons. The fraction of sp³-hybridized carbons (Fsp3) is 0.524. The number of nitrogens with zero attached hydrogens (tertiary/aromatic N) is 3. The van der Waals surface area contributed by atoms with E-state index < -0.39 is 0 Å². The molecule has 0 saturated carbocycles. The molecule has 0 bridgehead atoms. The van der Waals surface area contributed by atoms with E-state index in [9.17, 15) is 4.79 Å². The monoisotopic (exact) mass is 369 g/mol. The summed E-state index contributed by atoms with van der Waals surface area (Å²) >= 11 is 0. The number of methoxy groups -OCH3 is 1. The molecule has 1 aromatic carbocycles. The van der Waals surface area contributed by atoms with Gasteiger partial charge in [0, 0.05) is 37.6 Å². The van der Waals surface area contributed by atoms with Gasteiger partial charge in [-0.15, -0.1) is 0 Å². The molecule has 1 amide bonds. The van der Waals surface area contributed by atoms with Crippen LogP contribution in [0.1, 0.15) is 29.8 Å². The van der Waals surface area contributed by atoms with Crippen LogP contribution in [-0.4, -0.2) is 73.2 Å². The standard InChI is InChI=1S/C21H27N3O3/c1-26-20-18-8-3-2-6-16(18)14-19(22-20)21(25)24-9-5-4-7-17(24)15-23-10-12-27-13-11-23/h2-3,6,8,14,17H,4-5,7,9-13,15H2,1H3. The van der Waals surface area contributed by atoms with Crippen LogP contribution in [-0.2, 0) is 4.74 Å². The fourth-order valence-corrected chi connectivity index (χ4v) is 4.12. The van der Waals surface area contributed by atoms with E-state index in [1.165, 1.54) is 6.42 Å². The van der Waals surface area contributed by atoms with Crippen LogP contribution in [0.15, 0.2) is 30.3 Å². The largest absolute Gasteiger partial charge is 0.481 e. The molecule has 2 aliphatic rings. The Labute approximate surface area is 160 Å². The lowest BCUT2D eigenvalue weighted by molar-refractivity contribution is 0.0164. The van der Waals surface area contributed by atoms with Gasteiger partial charge in [-0.2, -0.15) is 0 Å².